The lowest BCUT2D eigenvalue weighted by atomic mass is 10.2. The highest BCUT2D eigenvalue weighted by molar-refractivity contribution is 6.32. The number of likely N-dealkylation sites (N-methyl/N-ethyl adjacent to an activating group) is 1. The Morgan fingerprint density at radius 2 is 1.84 bits per heavy atom. The standard InChI is InChI=1S/C23H24ClFN4O3/c1-4-28(5-2)22(30)14-32-21-11-8-17(12-20(21)24)27-23(31)19-13-26-29(15(19)3)18-9-6-16(25)7-10-18/h6-13H,4-5,14H2,1-3H3,(H,27,31). The second kappa shape index (κ2) is 10.3. The average molecular weight is 459 g/mol. The number of aromatic nitrogens is 2. The normalized spacial score (nSPS) is 10.7. The van der Waals surface area contributed by atoms with Crippen LogP contribution in [0.25, 0.3) is 5.69 Å². The van der Waals surface area contributed by atoms with Crippen molar-refractivity contribution < 1.29 is 18.7 Å². The van der Waals surface area contributed by atoms with Gasteiger partial charge < -0.3 is 15.0 Å². The van der Waals surface area contributed by atoms with Crippen LogP contribution < -0.4 is 10.1 Å². The van der Waals surface area contributed by atoms with Crippen LogP contribution in [0, 0.1) is 12.7 Å². The lowest BCUT2D eigenvalue weighted by Crippen LogP contribution is -2.34. The van der Waals surface area contributed by atoms with E-state index in [0.29, 0.717) is 41.5 Å². The molecule has 0 saturated heterocycles. The van der Waals surface area contributed by atoms with Gasteiger partial charge in [0.2, 0.25) is 0 Å². The predicted molar refractivity (Wildman–Crippen MR) is 121 cm³/mol. The first kappa shape index (κ1) is 23.3. The molecule has 0 aliphatic carbocycles. The SMILES string of the molecule is CCN(CC)C(=O)COc1ccc(NC(=O)c2cnn(-c3ccc(F)cc3)c2C)cc1Cl. The minimum atomic E-state index is -0.364. The van der Waals surface area contributed by atoms with Crippen LogP contribution in [0.5, 0.6) is 5.75 Å². The molecule has 0 fully saturated rings. The first-order valence-corrected chi connectivity index (χ1v) is 10.5. The van der Waals surface area contributed by atoms with Crippen molar-refractivity contribution in [2.24, 2.45) is 0 Å². The Morgan fingerprint density at radius 1 is 1.16 bits per heavy atom. The molecule has 0 bridgehead atoms. The zero-order valence-corrected chi connectivity index (χ0v) is 18.8. The van der Waals surface area contributed by atoms with Crippen LogP contribution in [0.1, 0.15) is 29.9 Å². The maximum atomic E-state index is 13.2. The number of carbonyl (C=O) groups excluding carboxylic acids is 2. The van der Waals surface area contributed by atoms with Gasteiger partial charge in [0.05, 0.1) is 28.2 Å². The summed E-state index contributed by atoms with van der Waals surface area (Å²) in [7, 11) is 0. The number of halogens is 2. The van der Waals surface area contributed by atoms with Crippen LogP contribution in [0.15, 0.2) is 48.7 Å². The minimum absolute atomic E-state index is 0.116. The van der Waals surface area contributed by atoms with Crippen molar-refractivity contribution in [3.8, 4) is 11.4 Å². The van der Waals surface area contributed by atoms with Crippen LogP contribution in [-0.4, -0.2) is 46.2 Å². The zero-order valence-electron chi connectivity index (χ0n) is 18.1. The summed E-state index contributed by atoms with van der Waals surface area (Å²) >= 11 is 6.27. The van der Waals surface area contributed by atoms with Gasteiger partial charge in [-0.15, -0.1) is 0 Å². The quantitative estimate of drug-likeness (QED) is 0.540. The molecule has 0 aliphatic heterocycles. The molecule has 1 aromatic heterocycles. The van der Waals surface area contributed by atoms with E-state index < -0.39 is 0 Å². The Hall–Kier alpha value is -3.39. The van der Waals surface area contributed by atoms with Gasteiger partial charge in [0.1, 0.15) is 11.6 Å². The Bertz CT molecular complexity index is 1110. The number of rotatable bonds is 8. The molecular formula is C23H24ClFN4O3. The number of hydrogen-bond donors (Lipinski definition) is 1. The van der Waals surface area contributed by atoms with E-state index >= 15 is 0 Å². The zero-order chi connectivity index (χ0) is 23.3. The highest BCUT2D eigenvalue weighted by Crippen LogP contribution is 2.28. The number of benzene rings is 2. The highest BCUT2D eigenvalue weighted by atomic mass is 35.5. The van der Waals surface area contributed by atoms with Gasteiger partial charge >= 0.3 is 0 Å². The van der Waals surface area contributed by atoms with Gasteiger partial charge in [-0.25, -0.2) is 9.07 Å². The highest BCUT2D eigenvalue weighted by Gasteiger charge is 2.17. The fraction of sp³-hybridized carbons (Fsp3) is 0.261. The number of amides is 2. The number of hydrogen-bond acceptors (Lipinski definition) is 4. The number of nitrogens with one attached hydrogen (secondary N) is 1. The third-order valence-electron chi connectivity index (χ3n) is 4.98. The first-order chi connectivity index (χ1) is 15.3. The number of anilines is 1. The van der Waals surface area contributed by atoms with E-state index in [1.165, 1.54) is 18.3 Å². The van der Waals surface area contributed by atoms with E-state index in [2.05, 4.69) is 10.4 Å². The lowest BCUT2D eigenvalue weighted by Gasteiger charge is -2.19. The molecule has 168 valence electrons. The molecule has 2 amide bonds. The lowest BCUT2D eigenvalue weighted by molar-refractivity contribution is -0.132. The molecule has 0 aliphatic rings. The van der Waals surface area contributed by atoms with Crippen LogP contribution in [0.3, 0.4) is 0 Å². The molecule has 0 unspecified atom stereocenters. The van der Waals surface area contributed by atoms with Crippen molar-refractivity contribution in [2.75, 3.05) is 25.0 Å². The topological polar surface area (TPSA) is 76.5 Å². The van der Waals surface area contributed by atoms with Crippen molar-refractivity contribution in [1.82, 2.24) is 14.7 Å². The monoisotopic (exact) mass is 458 g/mol. The van der Waals surface area contributed by atoms with E-state index in [1.54, 1.807) is 46.8 Å². The molecule has 0 atom stereocenters. The van der Waals surface area contributed by atoms with E-state index in [0.717, 1.165) is 0 Å². The van der Waals surface area contributed by atoms with Gasteiger partial charge in [0.25, 0.3) is 11.8 Å². The Balaban J connectivity index is 1.68. The smallest absolute Gasteiger partial charge is 0.260 e. The maximum absolute atomic E-state index is 13.2. The van der Waals surface area contributed by atoms with Gasteiger partial charge in [0, 0.05) is 18.8 Å². The van der Waals surface area contributed by atoms with Crippen LogP contribution in [0.4, 0.5) is 10.1 Å². The van der Waals surface area contributed by atoms with Crippen LogP contribution in [-0.2, 0) is 4.79 Å². The summed E-state index contributed by atoms with van der Waals surface area (Å²) in [6.45, 7) is 6.65. The third-order valence-corrected chi connectivity index (χ3v) is 5.28. The fourth-order valence-corrected chi connectivity index (χ4v) is 3.41. The molecule has 0 spiro atoms. The Morgan fingerprint density at radius 3 is 2.47 bits per heavy atom. The molecule has 32 heavy (non-hydrogen) atoms. The maximum Gasteiger partial charge on any atom is 0.260 e. The van der Waals surface area contributed by atoms with Gasteiger partial charge in [-0.2, -0.15) is 5.10 Å². The van der Waals surface area contributed by atoms with Crippen LogP contribution >= 0.6 is 11.6 Å². The Kier molecular flexibility index (Phi) is 7.48. The predicted octanol–water partition coefficient (Wildman–Crippen LogP) is 4.47. The summed E-state index contributed by atoms with van der Waals surface area (Å²) in [5.74, 6) is -0.488. The summed E-state index contributed by atoms with van der Waals surface area (Å²) in [4.78, 5) is 26.5. The van der Waals surface area contributed by atoms with Crippen molar-refractivity contribution in [2.45, 2.75) is 20.8 Å². The molecule has 7 nitrogen and oxygen atoms in total. The molecular weight excluding hydrogens is 435 g/mol. The molecule has 0 radical (unpaired) electrons. The summed E-state index contributed by atoms with van der Waals surface area (Å²) in [5.41, 5.74) is 2.09. The van der Waals surface area contributed by atoms with E-state index in [9.17, 15) is 14.0 Å². The molecule has 1 N–H and O–H groups in total. The minimum Gasteiger partial charge on any atom is -0.482 e. The molecule has 0 saturated carbocycles. The van der Waals surface area contributed by atoms with Crippen molar-refractivity contribution in [3.63, 3.8) is 0 Å². The van der Waals surface area contributed by atoms with Crippen molar-refractivity contribution >= 4 is 29.1 Å². The van der Waals surface area contributed by atoms with Gasteiger partial charge in [0.15, 0.2) is 6.61 Å². The van der Waals surface area contributed by atoms with Crippen molar-refractivity contribution in [1.29, 1.82) is 0 Å². The summed E-state index contributed by atoms with van der Waals surface area (Å²) in [6.07, 6.45) is 1.45. The number of ether oxygens (including phenoxy) is 1. The third kappa shape index (κ3) is 5.26. The molecule has 9 heteroatoms. The van der Waals surface area contributed by atoms with E-state index in [-0.39, 0.29) is 29.3 Å². The van der Waals surface area contributed by atoms with E-state index in [1.807, 2.05) is 13.8 Å². The van der Waals surface area contributed by atoms with Crippen LogP contribution in [0.2, 0.25) is 5.02 Å². The van der Waals surface area contributed by atoms with Gasteiger partial charge in [-0.05, 0) is 63.2 Å². The van der Waals surface area contributed by atoms with Crippen molar-refractivity contribution in [3.05, 3.63) is 70.8 Å². The molecule has 3 rings (SSSR count). The Labute approximate surface area is 190 Å². The summed E-state index contributed by atoms with van der Waals surface area (Å²) in [5, 5.41) is 7.28. The molecule has 1 heterocycles. The molecule has 2 aromatic carbocycles. The van der Waals surface area contributed by atoms with Gasteiger partial charge in [-0.1, -0.05) is 11.6 Å². The fourth-order valence-electron chi connectivity index (χ4n) is 3.18. The van der Waals surface area contributed by atoms with Gasteiger partial charge in [-0.3, -0.25) is 9.59 Å². The summed E-state index contributed by atoms with van der Waals surface area (Å²) in [6, 6.07) is 10.6. The largest absolute Gasteiger partial charge is 0.482 e. The average Bonchev–Trinajstić information content (AvgIpc) is 3.16. The molecule has 3 aromatic rings. The summed E-state index contributed by atoms with van der Waals surface area (Å²) < 4.78 is 20.3. The number of carbonyl (C=O) groups is 2. The second-order valence-electron chi connectivity index (χ2n) is 6.99. The number of nitrogens with zero attached hydrogens (tertiary/aromatic N) is 3. The first-order valence-electron chi connectivity index (χ1n) is 10.2. The van der Waals surface area contributed by atoms with E-state index in [4.69, 9.17) is 16.3 Å². The second-order valence-corrected chi connectivity index (χ2v) is 7.39.